The molecule has 0 radical (unpaired) electrons. The standard InChI is InChI=1S/C20H24N2O5/c1-25-16-11-14(12-17(26-2)18(16)27-3)19(23)22-9-6-20(24,7-10-22)15-5-4-8-21-13-15/h4-5,8,11-13,24H,6-7,9-10H2,1-3H3. The van der Waals surface area contributed by atoms with Gasteiger partial charge in [0.2, 0.25) is 5.75 Å². The molecule has 1 aromatic carbocycles. The minimum Gasteiger partial charge on any atom is -0.493 e. The van der Waals surface area contributed by atoms with E-state index in [1.54, 1.807) is 35.5 Å². The molecule has 1 fully saturated rings. The number of carbonyl (C=O) groups excluding carboxylic acids is 1. The van der Waals surface area contributed by atoms with Crippen molar-refractivity contribution in [3.05, 3.63) is 47.8 Å². The number of hydrogen-bond donors (Lipinski definition) is 1. The van der Waals surface area contributed by atoms with E-state index in [1.165, 1.54) is 21.3 Å². The Bertz CT molecular complexity index is 776. The van der Waals surface area contributed by atoms with Crippen molar-refractivity contribution in [2.24, 2.45) is 0 Å². The summed E-state index contributed by atoms with van der Waals surface area (Å²) >= 11 is 0. The zero-order chi connectivity index (χ0) is 19.4. The van der Waals surface area contributed by atoms with E-state index in [0.29, 0.717) is 48.7 Å². The van der Waals surface area contributed by atoms with Gasteiger partial charge < -0.3 is 24.2 Å². The summed E-state index contributed by atoms with van der Waals surface area (Å²) < 4.78 is 16.0. The summed E-state index contributed by atoms with van der Waals surface area (Å²) in [6.07, 6.45) is 4.26. The van der Waals surface area contributed by atoms with Crippen LogP contribution >= 0.6 is 0 Å². The molecule has 7 heteroatoms. The first-order valence-corrected chi connectivity index (χ1v) is 8.74. The van der Waals surface area contributed by atoms with E-state index < -0.39 is 5.60 Å². The van der Waals surface area contributed by atoms with Gasteiger partial charge in [-0.3, -0.25) is 9.78 Å². The van der Waals surface area contributed by atoms with Crippen LogP contribution in [-0.2, 0) is 5.60 Å². The molecule has 0 spiro atoms. The number of rotatable bonds is 5. The Morgan fingerprint density at radius 2 is 1.74 bits per heavy atom. The number of aliphatic hydroxyl groups is 1. The molecule has 1 aromatic heterocycles. The van der Waals surface area contributed by atoms with Crippen molar-refractivity contribution in [2.45, 2.75) is 18.4 Å². The normalized spacial score (nSPS) is 15.9. The Labute approximate surface area is 158 Å². The number of amides is 1. The molecule has 0 unspecified atom stereocenters. The van der Waals surface area contributed by atoms with Crippen molar-refractivity contribution in [3.63, 3.8) is 0 Å². The van der Waals surface area contributed by atoms with Crippen LogP contribution in [0.3, 0.4) is 0 Å². The number of nitrogens with zero attached hydrogens (tertiary/aromatic N) is 2. The second-order valence-corrected chi connectivity index (χ2v) is 6.48. The van der Waals surface area contributed by atoms with Crippen LogP contribution in [0.4, 0.5) is 0 Å². The summed E-state index contributed by atoms with van der Waals surface area (Å²) in [7, 11) is 4.55. The van der Waals surface area contributed by atoms with E-state index in [2.05, 4.69) is 4.98 Å². The zero-order valence-corrected chi connectivity index (χ0v) is 15.8. The van der Waals surface area contributed by atoms with E-state index in [0.717, 1.165) is 5.56 Å². The van der Waals surface area contributed by atoms with Crippen LogP contribution in [0, 0.1) is 0 Å². The number of methoxy groups -OCH3 is 3. The molecule has 2 aromatic rings. The maximum Gasteiger partial charge on any atom is 0.254 e. The van der Waals surface area contributed by atoms with Crippen LogP contribution in [0.25, 0.3) is 0 Å². The summed E-state index contributed by atoms with van der Waals surface area (Å²) in [5.41, 5.74) is 0.279. The lowest BCUT2D eigenvalue weighted by atomic mass is 9.85. The molecule has 1 saturated heterocycles. The van der Waals surface area contributed by atoms with Gasteiger partial charge in [0.25, 0.3) is 5.91 Å². The lowest BCUT2D eigenvalue weighted by Gasteiger charge is -2.38. The third-order valence-electron chi connectivity index (χ3n) is 4.99. The molecule has 0 aliphatic carbocycles. The van der Waals surface area contributed by atoms with Gasteiger partial charge in [-0.05, 0) is 31.0 Å². The molecule has 3 rings (SSSR count). The SMILES string of the molecule is COc1cc(C(=O)N2CCC(O)(c3cccnc3)CC2)cc(OC)c1OC. The Morgan fingerprint density at radius 1 is 1.11 bits per heavy atom. The second kappa shape index (κ2) is 7.84. The van der Waals surface area contributed by atoms with Crippen LogP contribution in [0.15, 0.2) is 36.7 Å². The van der Waals surface area contributed by atoms with Gasteiger partial charge >= 0.3 is 0 Å². The van der Waals surface area contributed by atoms with Gasteiger partial charge in [-0.2, -0.15) is 0 Å². The monoisotopic (exact) mass is 372 g/mol. The summed E-state index contributed by atoms with van der Waals surface area (Å²) in [4.78, 5) is 18.8. The molecule has 2 heterocycles. The first-order chi connectivity index (χ1) is 13.0. The van der Waals surface area contributed by atoms with Crippen LogP contribution in [0.2, 0.25) is 0 Å². The van der Waals surface area contributed by atoms with E-state index >= 15 is 0 Å². The predicted octanol–water partition coefficient (Wildman–Crippen LogP) is 2.23. The Kier molecular flexibility index (Phi) is 5.51. The van der Waals surface area contributed by atoms with Gasteiger partial charge in [0.1, 0.15) is 0 Å². The van der Waals surface area contributed by atoms with Gasteiger partial charge in [-0.15, -0.1) is 0 Å². The van der Waals surface area contributed by atoms with E-state index in [-0.39, 0.29) is 5.91 Å². The lowest BCUT2D eigenvalue weighted by molar-refractivity contribution is -0.0214. The third kappa shape index (κ3) is 3.68. The van der Waals surface area contributed by atoms with E-state index in [1.807, 2.05) is 6.07 Å². The highest BCUT2D eigenvalue weighted by Crippen LogP contribution is 2.39. The minimum absolute atomic E-state index is 0.137. The quantitative estimate of drug-likeness (QED) is 0.867. The lowest BCUT2D eigenvalue weighted by Crippen LogP contribution is -2.45. The molecule has 0 atom stereocenters. The third-order valence-corrected chi connectivity index (χ3v) is 4.99. The molecule has 27 heavy (non-hydrogen) atoms. The number of carbonyl (C=O) groups is 1. The van der Waals surface area contributed by atoms with Gasteiger partial charge in [0.05, 0.1) is 26.9 Å². The van der Waals surface area contributed by atoms with Crippen molar-refractivity contribution >= 4 is 5.91 Å². The van der Waals surface area contributed by atoms with Crippen LogP contribution in [0.5, 0.6) is 17.2 Å². The molecule has 1 N–H and O–H groups in total. The number of hydrogen-bond acceptors (Lipinski definition) is 6. The number of piperidine rings is 1. The van der Waals surface area contributed by atoms with E-state index in [4.69, 9.17) is 14.2 Å². The minimum atomic E-state index is -0.958. The van der Waals surface area contributed by atoms with Crippen LogP contribution in [0.1, 0.15) is 28.8 Å². The Morgan fingerprint density at radius 3 is 2.22 bits per heavy atom. The maximum atomic E-state index is 13.0. The fourth-order valence-electron chi connectivity index (χ4n) is 3.39. The largest absolute Gasteiger partial charge is 0.493 e. The first-order valence-electron chi connectivity index (χ1n) is 8.74. The van der Waals surface area contributed by atoms with Gasteiger partial charge in [-0.25, -0.2) is 0 Å². The fourth-order valence-corrected chi connectivity index (χ4v) is 3.39. The molecular weight excluding hydrogens is 348 g/mol. The fraction of sp³-hybridized carbons (Fsp3) is 0.400. The highest BCUT2D eigenvalue weighted by Gasteiger charge is 2.36. The topological polar surface area (TPSA) is 81.1 Å². The highest BCUT2D eigenvalue weighted by atomic mass is 16.5. The number of benzene rings is 1. The summed E-state index contributed by atoms with van der Waals surface area (Å²) in [6, 6.07) is 6.96. The molecular formula is C20H24N2O5. The zero-order valence-electron chi connectivity index (χ0n) is 15.8. The van der Waals surface area contributed by atoms with Crippen LogP contribution in [-0.4, -0.2) is 55.3 Å². The van der Waals surface area contributed by atoms with Crippen molar-refractivity contribution in [1.29, 1.82) is 0 Å². The molecule has 7 nitrogen and oxygen atoms in total. The highest BCUT2D eigenvalue weighted by molar-refractivity contribution is 5.95. The number of ether oxygens (including phenoxy) is 3. The van der Waals surface area contributed by atoms with Gasteiger partial charge in [0.15, 0.2) is 11.5 Å². The second-order valence-electron chi connectivity index (χ2n) is 6.48. The van der Waals surface area contributed by atoms with Gasteiger partial charge in [0, 0.05) is 36.6 Å². The molecule has 0 bridgehead atoms. The van der Waals surface area contributed by atoms with Crippen molar-refractivity contribution in [1.82, 2.24) is 9.88 Å². The van der Waals surface area contributed by atoms with Crippen molar-refractivity contribution < 1.29 is 24.1 Å². The number of likely N-dealkylation sites (tertiary alicyclic amines) is 1. The summed E-state index contributed by atoms with van der Waals surface area (Å²) in [5.74, 6) is 1.18. The summed E-state index contributed by atoms with van der Waals surface area (Å²) in [5, 5.41) is 10.9. The smallest absolute Gasteiger partial charge is 0.254 e. The summed E-state index contributed by atoms with van der Waals surface area (Å²) in [6.45, 7) is 0.891. The first kappa shape index (κ1) is 19.0. The Hall–Kier alpha value is -2.80. The van der Waals surface area contributed by atoms with E-state index in [9.17, 15) is 9.90 Å². The molecule has 144 valence electrons. The average molecular weight is 372 g/mol. The molecule has 1 aliphatic heterocycles. The molecule has 1 aliphatic rings. The Balaban J connectivity index is 1.78. The van der Waals surface area contributed by atoms with Crippen LogP contribution < -0.4 is 14.2 Å². The average Bonchev–Trinajstić information content (AvgIpc) is 2.73. The molecule has 1 amide bonds. The van der Waals surface area contributed by atoms with Gasteiger partial charge in [-0.1, -0.05) is 6.07 Å². The number of aromatic nitrogens is 1. The molecule has 0 saturated carbocycles. The van der Waals surface area contributed by atoms with Crippen molar-refractivity contribution in [3.8, 4) is 17.2 Å². The van der Waals surface area contributed by atoms with Crippen molar-refractivity contribution in [2.75, 3.05) is 34.4 Å². The number of pyridine rings is 1. The maximum absolute atomic E-state index is 13.0. The predicted molar refractivity (Wildman–Crippen MR) is 99.4 cm³/mol.